The topological polar surface area (TPSA) is 72.7 Å². The third kappa shape index (κ3) is 2.50. The standard InChI is InChI=1S/C18H13N5O/c24-17(15-10-11-19-12-20-15)22-18-21-14-8-4-5-9-16(14)23(18)13-6-2-1-3-7-13/h1-12H,(H,21,22,24). The van der Waals surface area contributed by atoms with Gasteiger partial charge in [-0.05, 0) is 30.3 Å². The third-order valence-corrected chi connectivity index (χ3v) is 3.62. The number of carbonyl (C=O) groups is 1. The zero-order valence-electron chi connectivity index (χ0n) is 12.6. The fourth-order valence-electron chi connectivity index (χ4n) is 2.54. The molecule has 0 aliphatic carbocycles. The van der Waals surface area contributed by atoms with Crippen LogP contribution in [0.15, 0.2) is 73.2 Å². The van der Waals surface area contributed by atoms with Crippen LogP contribution in [-0.4, -0.2) is 25.4 Å². The summed E-state index contributed by atoms with van der Waals surface area (Å²) in [5, 5.41) is 2.84. The number of anilines is 1. The van der Waals surface area contributed by atoms with Crippen LogP contribution >= 0.6 is 0 Å². The molecule has 2 heterocycles. The largest absolute Gasteiger partial charge is 0.290 e. The van der Waals surface area contributed by atoms with Crippen molar-refractivity contribution in [3.05, 3.63) is 78.9 Å². The van der Waals surface area contributed by atoms with Gasteiger partial charge in [0.05, 0.1) is 11.0 Å². The van der Waals surface area contributed by atoms with Crippen LogP contribution in [0, 0.1) is 0 Å². The van der Waals surface area contributed by atoms with Crippen molar-refractivity contribution >= 4 is 22.9 Å². The Labute approximate surface area is 137 Å². The van der Waals surface area contributed by atoms with Gasteiger partial charge in [-0.25, -0.2) is 15.0 Å². The molecule has 0 fully saturated rings. The Hall–Kier alpha value is -3.54. The summed E-state index contributed by atoms with van der Waals surface area (Å²) in [5.74, 6) is 0.121. The van der Waals surface area contributed by atoms with Crippen LogP contribution in [0.3, 0.4) is 0 Å². The molecule has 4 rings (SSSR count). The number of hydrogen-bond donors (Lipinski definition) is 1. The minimum atomic E-state index is -0.329. The maximum absolute atomic E-state index is 12.4. The van der Waals surface area contributed by atoms with Crippen molar-refractivity contribution in [2.45, 2.75) is 0 Å². The van der Waals surface area contributed by atoms with Crippen LogP contribution in [-0.2, 0) is 0 Å². The molecule has 0 saturated carbocycles. The van der Waals surface area contributed by atoms with Gasteiger partial charge in [0.1, 0.15) is 12.0 Å². The second-order valence-electron chi connectivity index (χ2n) is 5.14. The number of imidazole rings is 1. The maximum Gasteiger partial charge on any atom is 0.276 e. The smallest absolute Gasteiger partial charge is 0.276 e. The summed E-state index contributed by atoms with van der Waals surface area (Å²) in [7, 11) is 0. The van der Waals surface area contributed by atoms with Gasteiger partial charge in [0.2, 0.25) is 5.95 Å². The Morgan fingerprint density at radius 3 is 2.54 bits per heavy atom. The molecule has 6 nitrogen and oxygen atoms in total. The van der Waals surface area contributed by atoms with Gasteiger partial charge in [-0.2, -0.15) is 0 Å². The number of nitrogens with zero attached hydrogens (tertiary/aromatic N) is 4. The second-order valence-corrected chi connectivity index (χ2v) is 5.14. The van der Waals surface area contributed by atoms with E-state index in [1.807, 2.05) is 59.2 Å². The normalized spacial score (nSPS) is 10.7. The molecule has 0 bridgehead atoms. The van der Waals surface area contributed by atoms with Crippen molar-refractivity contribution in [2.24, 2.45) is 0 Å². The van der Waals surface area contributed by atoms with Gasteiger partial charge in [0.25, 0.3) is 5.91 Å². The lowest BCUT2D eigenvalue weighted by molar-refractivity contribution is 0.102. The number of hydrogen-bond acceptors (Lipinski definition) is 4. The van der Waals surface area contributed by atoms with E-state index in [2.05, 4.69) is 20.3 Å². The van der Waals surface area contributed by atoms with E-state index in [0.717, 1.165) is 16.7 Å². The number of fused-ring (bicyclic) bond motifs is 1. The van der Waals surface area contributed by atoms with Crippen molar-refractivity contribution in [1.29, 1.82) is 0 Å². The van der Waals surface area contributed by atoms with E-state index in [0.29, 0.717) is 5.95 Å². The van der Waals surface area contributed by atoms with Crippen LogP contribution in [0.2, 0.25) is 0 Å². The van der Waals surface area contributed by atoms with Gasteiger partial charge in [-0.1, -0.05) is 30.3 Å². The Morgan fingerprint density at radius 2 is 1.75 bits per heavy atom. The van der Waals surface area contributed by atoms with E-state index in [1.165, 1.54) is 12.5 Å². The number of benzene rings is 2. The molecule has 0 aliphatic rings. The second kappa shape index (κ2) is 5.92. The number of amides is 1. The molecule has 116 valence electrons. The molecule has 1 amide bonds. The van der Waals surface area contributed by atoms with E-state index >= 15 is 0 Å². The lowest BCUT2D eigenvalue weighted by atomic mass is 10.3. The van der Waals surface area contributed by atoms with Crippen LogP contribution < -0.4 is 5.32 Å². The number of aromatic nitrogens is 4. The summed E-state index contributed by atoms with van der Waals surface area (Å²) in [6.07, 6.45) is 2.87. The van der Waals surface area contributed by atoms with E-state index < -0.39 is 0 Å². The zero-order valence-corrected chi connectivity index (χ0v) is 12.6. The van der Waals surface area contributed by atoms with E-state index in [4.69, 9.17) is 0 Å². The fraction of sp³-hybridized carbons (Fsp3) is 0. The average Bonchev–Trinajstić information content (AvgIpc) is 3.01. The number of para-hydroxylation sites is 3. The third-order valence-electron chi connectivity index (χ3n) is 3.62. The molecule has 0 unspecified atom stereocenters. The van der Waals surface area contributed by atoms with Gasteiger partial charge in [-0.15, -0.1) is 0 Å². The number of rotatable bonds is 3. The SMILES string of the molecule is O=C(Nc1nc2ccccc2n1-c1ccccc1)c1ccncn1. The molecular weight excluding hydrogens is 302 g/mol. The van der Waals surface area contributed by atoms with Crippen molar-refractivity contribution in [2.75, 3.05) is 5.32 Å². The predicted octanol–water partition coefficient (Wildman–Crippen LogP) is 3.07. The molecular formula is C18H13N5O. The minimum absolute atomic E-state index is 0.289. The fourth-order valence-corrected chi connectivity index (χ4v) is 2.54. The first-order valence-electron chi connectivity index (χ1n) is 7.43. The lowest BCUT2D eigenvalue weighted by Crippen LogP contribution is -2.16. The highest BCUT2D eigenvalue weighted by Gasteiger charge is 2.15. The highest BCUT2D eigenvalue weighted by atomic mass is 16.2. The molecule has 0 spiro atoms. The average molecular weight is 315 g/mol. The van der Waals surface area contributed by atoms with Crippen LogP contribution in [0.25, 0.3) is 16.7 Å². The van der Waals surface area contributed by atoms with Gasteiger partial charge in [0.15, 0.2) is 0 Å². The predicted molar refractivity (Wildman–Crippen MR) is 91.1 cm³/mol. The van der Waals surface area contributed by atoms with E-state index in [9.17, 15) is 4.79 Å². The minimum Gasteiger partial charge on any atom is -0.290 e. The summed E-state index contributed by atoms with van der Waals surface area (Å²) < 4.78 is 1.91. The summed E-state index contributed by atoms with van der Waals surface area (Å²) in [6.45, 7) is 0. The van der Waals surface area contributed by atoms with Crippen LogP contribution in [0.1, 0.15) is 10.5 Å². The lowest BCUT2D eigenvalue weighted by Gasteiger charge is -2.09. The van der Waals surface area contributed by atoms with Crippen molar-refractivity contribution in [3.63, 3.8) is 0 Å². The van der Waals surface area contributed by atoms with E-state index in [1.54, 1.807) is 6.07 Å². The maximum atomic E-state index is 12.4. The Balaban J connectivity index is 1.82. The molecule has 0 radical (unpaired) electrons. The molecule has 2 aromatic heterocycles. The molecule has 1 N–H and O–H groups in total. The van der Waals surface area contributed by atoms with Crippen molar-refractivity contribution in [3.8, 4) is 5.69 Å². The van der Waals surface area contributed by atoms with Gasteiger partial charge in [-0.3, -0.25) is 14.7 Å². The summed E-state index contributed by atoms with van der Waals surface area (Å²) >= 11 is 0. The van der Waals surface area contributed by atoms with Crippen LogP contribution in [0.4, 0.5) is 5.95 Å². The van der Waals surface area contributed by atoms with Crippen molar-refractivity contribution in [1.82, 2.24) is 19.5 Å². The Morgan fingerprint density at radius 1 is 0.958 bits per heavy atom. The monoisotopic (exact) mass is 315 g/mol. The summed E-state index contributed by atoms with van der Waals surface area (Å²) in [4.78, 5) is 24.8. The highest BCUT2D eigenvalue weighted by Crippen LogP contribution is 2.24. The zero-order chi connectivity index (χ0) is 16.4. The first-order chi connectivity index (χ1) is 11.8. The Bertz CT molecular complexity index is 996. The quantitative estimate of drug-likeness (QED) is 0.630. The first-order valence-corrected chi connectivity index (χ1v) is 7.43. The molecule has 24 heavy (non-hydrogen) atoms. The Kier molecular flexibility index (Phi) is 3.47. The molecule has 0 atom stereocenters. The molecule has 6 heteroatoms. The summed E-state index contributed by atoms with van der Waals surface area (Å²) in [6, 6.07) is 19.1. The number of nitrogens with one attached hydrogen (secondary N) is 1. The van der Waals surface area contributed by atoms with Crippen LogP contribution in [0.5, 0.6) is 0 Å². The summed E-state index contributed by atoms with van der Waals surface area (Å²) in [5.41, 5.74) is 2.93. The van der Waals surface area contributed by atoms with Gasteiger partial charge < -0.3 is 0 Å². The molecule has 0 aliphatic heterocycles. The molecule has 4 aromatic rings. The van der Waals surface area contributed by atoms with Crippen molar-refractivity contribution < 1.29 is 4.79 Å². The molecule has 0 saturated heterocycles. The highest BCUT2D eigenvalue weighted by molar-refractivity contribution is 6.02. The first kappa shape index (κ1) is 14.1. The van der Waals surface area contributed by atoms with E-state index in [-0.39, 0.29) is 11.6 Å². The van der Waals surface area contributed by atoms with Gasteiger partial charge in [0, 0.05) is 11.9 Å². The number of carbonyl (C=O) groups excluding carboxylic acids is 1. The van der Waals surface area contributed by atoms with Gasteiger partial charge >= 0.3 is 0 Å². The molecule has 2 aromatic carbocycles.